The van der Waals surface area contributed by atoms with Crippen LogP contribution in [0.2, 0.25) is 5.15 Å². The van der Waals surface area contributed by atoms with Crippen LogP contribution in [0.5, 0.6) is 5.75 Å². The fourth-order valence-electron chi connectivity index (χ4n) is 3.91. The molecule has 1 aliphatic heterocycles. The van der Waals surface area contributed by atoms with Crippen molar-refractivity contribution in [2.24, 2.45) is 5.73 Å². The van der Waals surface area contributed by atoms with Crippen LogP contribution in [0.15, 0.2) is 18.5 Å². The van der Waals surface area contributed by atoms with E-state index in [9.17, 15) is 13.2 Å². The van der Waals surface area contributed by atoms with E-state index in [1.54, 1.807) is 13.0 Å². The lowest BCUT2D eigenvalue weighted by Crippen LogP contribution is -2.58. The Morgan fingerprint density at radius 3 is 2.63 bits per heavy atom. The molecule has 1 aliphatic rings. The third-order valence-corrected chi connectivity index (χ3v) is 6.44. The summed E-state index contributed by atoms with van der Waals surface area (Å²) in [6.45, 7) is 3.91. The lowest BCUT2D eigenvalue weighted by molar-refractivity contribution is -0.144. The molecule has 1 aromatic carbocycles. The van der Waals surface area contributed by atoms with Crippen molar-refractivity contribution < 1.29 is 27.0 Å². The van der Waals surface area contributed by atoms with Gasteiger partial charge in [0.15, 0.2) is 0 Å². The molecular formula is C22H25ClF4N6O2. The third-order valence-electron chi connectivity index (χ3n) is 6.17. The molecule has 8 nitrogen and oxygen atoms in total. The van der Waals surface area contributed by atoms with Crippen LogP contribution in [-0.4, -0.2) is 64.2 Å². The molecule has 4 rings (SSSR count). The van der Waals surface area contributed by atoms with E-state index in [0.29, 0.717) is 31.6 Å². The van der Waals surface area contributed by atoms with Crippen molar-refractivity contribution in [3.8, 4) is 16.9 Å². The summed E-state index contributed by atoms with van der Waals surface area (Å²) in [4.78, 5) is 9.01. The zero-order valence-electron chi connectivity index (χ0n) is 19.4. The van der Waals surface area contributed by atoms with Crippen molar-refractivity contribution in [3.05, 3.63) is 35.0 Å². The molecule has 0 saturated carbocycles. The molecule has 3 heterocycles. The van der Waals surface area contributed by atoms with Gasteiger partial charge >= 0.3 is 6.18 Å². The first-order chi connectivity index (χ1) is 16.4. The molecule has 0 radical (unpaired) electrons. The Morgan fingerprint density at radius 2 is 2.03 bits per heavy atom. The van der Waals surface area contributed by atoms with E-state index in [-0.39, 0.29) is 40.2 Å². The van der Waals surface area contributed by atoms with Gasteiger partial charge in [-0.1, -0.05) is 18.5 Å². The van der Waals surface area contributed by atoms with E-state index >= 15 is 4.39 Å². The maximum Gasteiger partial charge on any atom is 0.408 e. The van der Waals surface area contributed by atoms with E-state index < -0.39 is 23.6 Å². The number of alkyl halides is 3. The van der Waals surface area contributed by atoms with Crippen molar-refractivity contribution in [3.63, 3.8) is 0 Å². The molecule has 2 N–H and O–H groups in total. The number of nitrogens with two attached hydrogens (primary N) is 1. The topological polar surface area (TPSA) is 90.8 Å². The van der Waals surface area contributed by atoms with Crippen LogP contribution >= 0.6 is 11.6 Å². The van der Waals surface area contributed by atoms with Crippen molar-refractivity contribution in [1.29, 1.82) is 0 Å². The maximum absolute atomic E-state index is 15.6. The predicted octanol–water partition coefficient (Wildman–Crippen LogP) is 4.03. The molecule has 0 unspecified atom stereocenters. The molecule has 1 saturated heterocycles. The van der Waals surface area contributed by atoms with Crippen molar-refractivity contribution >= 4 is 23.2 Å². The highest BCUT2D eigenvalue weighted by atomic mass is 35.5. The summed E-state index contributed by atoms with van der Waals surface area (Å²) in [6.07, 6.45) is -2.55. The molecule has 35 heavy (non-hydrogen) atoms. The van der Waals surface area contributed by atoms with Gasteiger partial charge in [-0.25, -0.2) is 4.39 Å². The van der Waals surface area contributed by atoms with Gasteiger partial charge in [-0.05, 0) is 25.0 Å². The van der Waals surface area contributed by atoms with Crippen LogP contribution in [0.1, 0.15) is 25.8 Å². The fraction of sp³-hybridized carbons (Fsp3) is 0.500. The summed E-state index contributed by atoms with van der Waals surface area (Å²) in [7, 11) is 1.24. The quantitative estimate of drug-likeness (QED) is 0.357. The summed E-state index contributed by atoms with van der Waals surface area (Å²) in [6, 6.07) is 0.882. The molecule has 190 valence electrons. The second-order valence-corrected chi connectivity index (χ2v) is 9.01. The SMILES string of the molecule is CCc1cc(OCCC2(N)COC2)cc(F)c1-c1c(Cl)nc2ncnn2c1N(C)[C@@H](C)C(F)(F)F. The largest absolute Gasteiger partial charge is 0.493 e. The molecule has 2 aromatic heterocycles. The highest BCUT2D eigenvalue weighted by Crippen LogP contribution is 2.42. The lowest BCUT2D eigenvalue weighted by Gasteiger charge is -2.37. The van der Waals surface area contributed by atoms with E-state index in [0.717, 1.165) is 22.7 Å². The highest BCUT2D eigenvalue weighted by molar-refractivity contribution is 6.33. The fourth-order valence-corrected chi connectivity index (χ4v) is 4.16. The Bertz CT molecular complexity index is 1230. The molecule has 0 amide bonds. The molecule has 13 heteroatoms. The Labute approximate surface area is 204 Å². The van der Waals surface area contributed by atoms with E-state index in [4.69, 9.17) is 26.8 Å². The summed E-state index contributed by atoms with van der Waals surface area (Å²) < 4.78 is 68.4. The van der Waals surface area contributed by atoms with Gasteiger partial charge in [0.05, 0.1) is 30.9 Å². The molecule has 0 spiro atoms. The zero-order chi connectivity index (χ0) is 25.5. The molecule has 1 atom stereocenters. The number of hydrogen-bond donors (Lipinski definition) is 1. The Morgan fingerprint density at radius 1 is 1.31 bits per heavy atom. The van der Waals surface area contributed by atoms with Gasteiger partial charge in [0.25, 0.3) is 5.78 Å². The number of hydrogen-bond acceptors (Lipinski definition) is 7. The third kappa shape index (κ3) is 4.87. The highest BCUT2D eigenvalue weighted by Gasteiger charge is 2.41. The number of aromatic nitrogens is 4. The number of rotatable bonds is 8. The second-order valence-electron chi connectivity index (χ2n) is 8.65. The van der Waals surface area contributed by atoms with Gasteiger partial charge in [-0.3, -0.25) is 0 Å². The molecule has 0 aliphatic carbocycles. The predicted molar refractivity (Wildman–Crippen MR) is 122 cm³/mol. The van der Waals surface area contributed by atoms with E-state index in [1.807, 2.05) is 0 Å². The Kier molecular flexibility index (Phi) is 6.82. The monoisotopic (exact) mass is 516 g/mol. The summed E-state index contributed by atoms with van der Waals surface area (Å²) in [5.41, 5.74) is 6.14. The zero-order valence-corrected chi connectivity index (χ0v) is 20.1. The second kappa shape index (κ2) is 9.40. The van der Waals surface area contributed by atoms with Gasteiger partial charge in [-0.2, -0.15) is 32.8 Å². The van der Waals surface area contributed by atoms with Gasteiger partial charge in [0, 0.05) is 25.1 Å². The van der Waals surface area contributed by atoms with Crippen LogP contribution in [-0.2, 0) is 11.2 Å². The number of fused-ring (bicyclic) bond motifs is 1. The van der Waals surface area contributed by atoms with Gasteiger partial charge in [0.2, 0.25) is 0 Å². The smallest absolute Gasteiger partial charge is 0.408 e. The number of anilines is 1. The van der Waals surface area contributed by atoms with Crippen molar-refractivity contribution in [1.82, 2.24) is 19.6 Å². The minimum absolute atomic E-state index is 0.0101. The first-order valence-corrected chi connectivity index (χ1v) is 11.3. The summed E-state index contributed by atoms with van der Waals surface area (Å²) >= 11 is 6.44. The van der Waals surface area contributed by atoms with E-state index in [1.165, 1.54) is 13.1 Å². The summed E-state index contributed by atoms with van der Waals surface area (Å²) in [5, 5.41) is 3.82. The van der Waals surface area contributed by atoms with Crippen LogP contribution < -0.4 is 15.4 Å². The van der Waals surface area contributed by atoms with Crippen molar-refractivity contribution in [2.45, 2.75) is 44.4 Å². The average molecular weight is 517 g/mol. The lowest BCUT2D eigenvalue weighted by atomic mass is 9.95. The molecular weight excluding hydrogens is 492 g/mol. The van der Waals surface area contributed by atoms with Crippen molar-refractivity contribution in [2.75, 3.05) is 31.8 Å². The van der Waals surface area contributed by atoms with Gasteiger partial charge in [0.1, 0.15) is 34.9 Å². The maximum atomic E-state index is 15.6. The van der Waals surface area contributed by atoms with Gasteiger partial charge < -0.3 is 20.1 Å². The van der Waals surface area contributed by atoms with Gasteiger partial charge in [-0.15, -0.1) is 0 Å². The Hall–Kier alpha value is -2.70. The molecule has 3 aromatic rings. The van der Waals surface area contributed by atoms with Crippen LogP contribution in [0, 0.1) is 5.82 Å². The minimum Gasteiger partial charge on any atom is -0.493 e. The Balaban J connectivity index is 1.80. The minimum atomic E-state index is -4.57. The number of nitrogens with zero attached hydrogens (tertiary/aromatic N) is 5. The average Bonchev–Trinajstić information content (AvgIpc) is 3.23. The standard InChI is InChI=1S/C22H25ClF4N6O2/c1-4-13-7-14(35-6-5-21(28)9-34-10-21)8-15(24)16(13)17-18(23)31-20-29-11-30-33(20)19(17)32(3)12(2)22(25,26)27/h7-8,11-12H,4-6,9-10,28H2,1-3H3/t12-/m0/s1. The van der Waals surface area contributed by atoms with Crippen LogP contribution in [0.4, 0.5) is 23.4 Å². The molecule has 1 fully saturated rings. The molecule has 0 bridgehead atoms. The first kappa shape index (κ1) is 25.4. The first-order valence-electron chi connectivity index (χ1n) is 11.0. The normalized spacial score (nSPS) is 16.3. The number of aryl methyl sites for hydroxylation is 1. The van der Waals surface area contributed by atoms with Crippen LogP contribution in [0.25, 0.3) is 16.9 Å². The number of ether oxygens (including phenoxy) is 2. The summed E-state index contributed by atoms with van der Waals surface area (Å²) in [5.74, 6) is -0.536. The number of halogens is 5. The van der Waals surface area contributed by atoms with Crippen LogP contribution in [0.3, 0.4) is 0 Å². The van der Waals surface area contributed by atoms with E-state index in [2.05, 4.69) is 15.1 Å². The number of benzene rings is 1.